The highest BCUT2D eigenvalue weighted by molar-refractivity contribution is 7.99. The summed E-state index contributed by atoms with van der Waals surface area (Å²) in [6.45, 7) is 0.312. The van der Waals surface area contributed by atoms with E-state index >= 15 is 0 Å². The number of rotatable bonds is 11. The Hall–Kier alpha value is -2.96. The average Bonchev–Trinajstić information content (AvgIpc) is 2.87. The van der Waals surface area contributed by atoms with Crippen LogP contribution >= 0.6 is 23.4 Å². The standard InChI is InChI=1S/C27H29ClN2O3S/c1-29-27(32)25(18-20-7-4-3-5-8-20)30(19-21-9-6-10-23(17-21)33-2)26(31)15-16-34-24-13-11-22(28)12-14-24/h3-14,17,25H,15-16,18-19H2,1-2H3,(H,29,32). The van der Waals surface area contributed by atoms with Crippen molar-refractivity contribution in [3.8, 4) is 5.75 Å². The monoisotopic (exact) mass is 496 g/mol. The number of carbonyl (C=O) groups is 2. The predicted molar refractivity (Wildman–Crippen MR) is 138 cm³/mol. The lowest BCUT2D eigenvalue weighted by atomic mass is 10.0. The van der Waals surface area contributed by atoms with Gasteiger partial charge in [-0.25, -0.2) is 0 Å². The number of hydrogen-bond donors (Lipinski definition) is 1. The van der Waals surface area contributed by atoms with Crippen molar-refractivity contribution in [1.82, 2.24) is 10.2 Å². The van der Waals surface area contributed by atoms with Gasteiger partial charge in [0, 0.05) is 42.1 Å². The lowest BCUT2D eigenvalue weighted by molar-refractivity contribution is -0.140. The molecule has 2 amide bonds. The third-order valence-electron chi connectivity index (χ3n) is 5.40. The summed E-state index contributed by atoms with van der Waals surface area (Å²) in [4.78, 5) is 29.2. The zero-order valence-electron chi connectivity index (χ0n) is 19.4. The fourth-order valence-electron chi connectivity index (χ4n) is 3.62. The second-order valence-corrected chi connectivity index (χ2v) is 9.35. The summed E-state index contributed by atoms with van der Waals surface area (Å²) >= 11 is 7.55. The lowest BCUT2D eigenvalue weighted by Gasteiger charge is -2.31. The Morgan fingerprint density at radius 2 is 1.71 bits per heavy atom. The van der Waals surface area contributed by atoms with Crippen molar-refractivity contribution >= 4 is 35.2 Å². The molecule has 0 spiro atoms. The summed E-state index contributed by atoms with van der Waals surface area (Å²) < 4.78 is 5.35. The van der Waals surface area contributed by atoms with Gasteiger partial charge in [-0.3, -0.25) is 9.59 Å². The van der Waals surface area contributed by atoms with Crippen molar-refractivity contribution in [2.75, 3.05) is 19.9 Å². The minimum Gasteiger partial charge on any atom is -0.497 e. The molecule has 0 aromatic heterocycles. The molecule has 0 saturated heterocycles. The number of benzene rings is 3. The first kappa shape index (κ1) is 25.7. The van der Waals surface area contributed by atoms with Gasteiger partial charge in [0.2, 0.25) is 11.8 Å². The molecule has 0 aliphatic heterocycles. The van der Waals surface area contributed by atoms with Crippen LogP contribution in [0.5, 0.6) is 5.75 Å². The molecule has 0 heterocycles. The molecule has 1 unspecified atom stereocenters. The van der Waals surface area contributed by atoms with Crippen LogP contribution in [-0.2, 0) is 22.6 Å². The number of carbonyl (C=O) groups excluding carboxylic acids is 2. The van der Waals surface area contributed by atoms with E-state index in [1.807, 2.05) is 78.9 Å². The molecular weight excluding hydrogens is 468 g/mol. The van der Waals surface area contributed by atoms with Crippen LogP contribution in [0.25, 0.3) is 0 Å². The van der Waals surface area contributed by atoms with E-state index in [0.717, 1.165) is 16.0 Å². The number of amides is 2. The summed E-state index contributed by atoms with van der Waals surface area (Å²) in [6, 6.07) is 24.3. The Balaban J connectivity index is 1.81. The maximum absolute atomic E-state index is 13.5. The quantitative estimate of drug-likeness (QED) is 0.370. The Kier molecular flexibility index (Phi) is 9.86. The molecule has 0 aliphatic carbocycles. The topological polar surface area (TPSA) is 58.6 Å². The van der Waals surface area contributed by atoms with Crippen molar-refractivity contribution in [2.45, 2.75) is 30.3 Å². The van der Waals surface area contributed by atoms with E-state index in [4.69, 9.17) is 16.3 Å². The summed E-state index contributed by atoms with van der Waals surface area (Å²) in [5, 5.41) is 3.42. The minimum absolute atomic E-state index is 0.0752. The summed E-state index contributed by atoms with van der Waals surface area (Å²) in [6.07, 6.45) is 0.736. The van der Waals surface area contributed by atoms with Gasteiger partial charge >= 0.3 is 0 Å². The molecule has 0 saturated carbocycles. The molecule has 5 nitrogen and oxygen atoms in total. The zero-order valence-corrected chi connectivity index (χ0v) is 20.9. The van der Waals surface area contributed by atoms with Gasteiger partial charge in [-0.05, 0) is 47.5 Å². The highest BCUT2D eigenvalue weighted by Gasteiger charge is 2.29. The minimum atomic E-state index is -0.633. The number of methoxy groups -OCH3 is 1. The first-order valence-corrected chi connectivity index (χ1v) is 12.4. The summed E-state index contributed by atoms with van der Waals surface area (Å²) in [7, 11) is 3.21. The van der Waals surface area contributed by atoms with Crippen molar-refractivity contribution in [2.24, 2.45) is 0 Å². The van der Waals surface area contributed by atoms with E-state index in [2.05, 4.69) is 5.32 Å². The fraction of sp³-hybridized carbons (Fsp3) is 0.259. The molecule has 34 heavy (non-hydrogen) atoms. The third-order valence-corrected chi connectivity index (χ3v) is 6.67. The smallest absolute Gasteiger partial charge is 0.242 e. The molecule has 0 fully saturated rings. The molecule has 3 rings (SSSR count). The number of nitrogens with one attached hydrogen (secondary N) is 1. The van der Waals surface area contributed by atoms with Crippen molar-refractivity contribution < 1.29 is 14.3 Å². The fourth-order valence-corrected chi connectivity index (χ4v) is 4.59. The van der Waals surface area contributed by atoms with E-state index in [9.17, 15) is 9.59 Å². The van der Waals surface area contributed by atoms with Crippen LogP contribution in [0, 0.1) is 0 Å². The first-order valence-electron chi connectivity index (χ1n) is 11.1. The van der Waals surface area contributed by atoms with E-state index in [-0.39, 0.29) is 11.8 Å². The molecule has 7 heteroatoms. The molecule has 1 N–H and O–H groups in total. The number of hydrogen-bond acceptors (Lipinski definition) is 4. The SMILES string of the molecule is CNC(=O)C(Cc1ccccc1)N(Cc1cccc(OC)c1)C(=O)CCSc1ccc(Cl)cc1. The van der Waals surface area contributed by atoms with Gasteiger partial charge in [0.25, 0.3) is 0 Å². The third kappa shape index (κ3) is 7.54. The number of ether oxygens (including phenoxy) is 1. The van der Waals surface area contributed by atoms with Crippen LogP contribution in [0.2, 0.25) is 5.02 Å². The largest absolute Gasteiger partial charge is 0.497 e. The van der Waals surface area contributed by atoms with E-state index in [0.29, 0.717) is 35.9 Å². The van der Waals surface area contributed by atoms with Gasteiger partial charge in [0.05, 0.1) is 7.11 Å². The second kappa shape index (κ2) is 13.1. The van der Waals surface area contributed by atoms with Gasteiger partial charge in [-0.15, -0.1) is 11.8 Å². The van der Waals surface area contributed by atoms with E-state index in [1.165, 1.54) is 0 Å². The normalized spacial score (nSPS) is 11.5. The van der Waals surface area contributed by atoms with Gasteiger partial charge in [-0.1, -0.05) is 54.1 Å². The Morgan fingerprint density at radius 3 is 2.38 bits per heavy atom. The van der Waals surface area contributed by atoms with Crippen molar-refractivity contribution in [3.05, 3.63) is 95.0 Å². The van der Waals surface area contributed by atoms with Crippen LogP contribution < -0.4 is 10.1 Å². The molecular formula is C27H29ClN2O3S. The molecule has 178 valence electrons. The van der Waals surface area contributed by atoms with Crippen LogP contribution in [0.3, 0.4) is 0 Å². The van der Waals surface area contributed by atoms with Crippen LogP contribution in [0.1, 0.15) is 17.5 Å². The molecule has 0 bridgehead atoms. The van der Waals surface area contributed by atoms with Crippen molar-refractivity contribution in [3.63, 3.8) is 0 Å². The Labute approximate surface area is 210 Å². The number of nitrogens with zero attached hydrogens (tertiary/aromatic N) is 1. The molecule has 3 aromatic rings. The van der Waals surface area contributed by atoms with Crippen molar-refractivity contribution in [1.29, 1.82) is 0 Å². The zero-order chi connectivity index (χ0) is 24.3. The van der Waals surface area contributed by atoms with Crippen LogP contribution in [0.4, 0.5) is 0 Å². The Morgan fingerprint density at radius 1 is 1.00 bits per heavy atom. The Bertz CT molecular complexity index is 1080. The molecule has 1 atom stereocenters. The van der Waals surface area contributed by atoms with Gasteiger partial charge in [-0.2, -0.15) is 0 Å². The van der Waals surface area contributed by atoms with Gasteiger partial charge in [0.15, 0.2) is 0 Å². The van der Waals surface area contributed by atoms with E-state index in [1.54, 1.807) is 30.8 Å². The number of thioether (sulfide) groups is 1. The number of likely N-dealkylation sites (N-methyl/N-ethyl adjacent to an activating group) is 1. The summed E-state index contributed by atoms with van der Waals surface area (Å²) in [5.41, 5.74) is 1.90. The van der Waals surface area contributed by atoms with Gasteiger partial charge in [0.1, 0.15) is 11.8 Å². The second-order valence-electron chi connectivity index (χ2n) is 7.75. The lowest BCUT2D eigenvalue weighted by Crippen LogP contribution is -2.49. The van der Waals surface area contributed by atoms with Crippen LogP contribution in [-0.4, -0.2) is 42.7 Å². The first-order chi connectivity index (χ1) is 16.5. The number of halogens is 1. The molecule has 0 radical (unpaired) electrons. The highest BCUT2D eigenvalue weighted by atomic mass is 35.5. The average molecular weight is 497 g/mol. The highest BCUT2D eigenvalue weighted by Crippen LogP contribution is 2.23. The van der Waals surface area contributed by atoms with E-state index < -0.39 is 6.04 Å². The molecule has 3 aromatic carbocycles. The summed E-state index contributed by atoms with van der Waals surface area (Å²) in [5.74, 6) is 1.04. The maximum Gasteiger partial charge on any atom is 0.242 e. The molecule has 0 aliphatic rings. The van der Waals surface area contributed by atoms with Gasteiger partial charge < -0.3 is 15.0 Å². The maximum atomic E-state index is 13.5. The predicted octanol–water partition coefficient (Wildman–Crippen LogP) is 5.22. The van der Waals surface area contributed by atoms with Crippen LogP contribution in [0.15, 0.2) is 83.8 Å².